The Morgan fingerprint density at radius 3 is 2.78 bits per heavy atom. The first-order chi connectivity index (χ1) is 12.9. The smallest absolute Gasteiger partial charge is 0.426 e. The van der Waals surface area contributed by atoms with Crippen LogP contribution < -0.4 is 15.9 Å². The number of thiophene rings is 1. The van der Waals surface area contributed by atoms with Crippen molar-refractivity contribution in [2.75, 3.05) is 12.3 Å². The van der Waals surface area contributed by atoms with Crippen LogP contribution in [0.5, 0.6) is 11.5 Å². The lowest BCUT2D eigenvalue weighted by molar-refractivity contribution is 0.0770. The highest BCUT2D eigenvalue weighted by atomic mass is 32.1. The summed E-state index contributed by atoms with van der Waals surface area (Å²) in [7, 11) is 0. The largest absolute Gasteiger partial charge is 0.464 e. The van der Waals surface area contributed by atoms with Gasteiger partial charge in [-0.2, -0.15) is 0 Å². The highest BCUT2D eigenvalue weighted by molar-refractivity contribution is 7.21. The molecule has 3 rings (SSSR count). The first-order valence-corrected chi connectivity index (χ1v) is 8.63. The Balaban J connectivity index is 1.91. The van der Waals surface area contributed by atoms with E-state index in [1.165, 1.54) is 24.4 Å². The number of carbonyl (C=O) groups excluding carboxylic acids is 1. The lowest BCUT2D eigenvalue weighted by Crippen LogP contribution is -2.45. The minimum Gasteiger partial charge on any atom is -0.464 e. The number of hydrogen-bond donors (Lipinski definition) is 3. The molecule has 140 valence electrons. The molecule has 1 aromatic carbocycles. The number of nitrogens with one attached hydrogen (secondary N) is 1. The Hall–Kier alpha value is -3.40. The van der Waals surface area contributed by atoms with Crippen LogP contribution in [0, 0.1) is 5.82 Å². The number of benzene rings is 1. The van der Waals surface area contributed by atoms with Crippen LogP contribution in [0.3, 0.4) is 0 Å². The molecule has 8 nitrogen and oxygen atoms in total. The van der Waals surface area contributed by atoms with Crippen molar-refractivity contribution in [3.8, 4) is 11.5 Å². The van der Waals surface area contributed by atoms with Crippen LogP contribution in [-0.2, 0) is 0 Å². The number of amides is 2. The molecule has 10 heteroatoms. The summed E-state index contributed by atoms with van der Waals surface area (Å²) in [5.41, 5.74) is 8.56. The van der Waals surface area contributed by atoms with Gasteiger partial charge in [-0.3, -0.25) is 15.2 Å². The fraction of sp³-hybridized carbons (Fsp3) is 0.118. The van der Waals surface area contributed by atoms with Crippen molar-refractivity contribution in [1.82, 2.24) is 15.4 Å². The maximum absolute atomic E-state index is 14.0. The van der Waals surface area contributed by atoms with Crippen molar-refractivity contribution in [2.24, 2.45) is 0 Å². The lowest BCUT2D eigenvalue weighted by atomic mass is 10.3. The van der Waals surface area contributed by atoms with Gasteiger partial charge in [-0.25, -0.2) is 14.2 Å². The van der Waals surface area contributed by atoms with Crippen molar-refractivity contribution in [1.29, 1.82) is 0 Å². The van der Waals surface area contributed by atoms with Crippen LogP contribution in [-0.4, -0.2) is 33.6 Å². The highest BCUT2D eigenvalue weighted by Crippen LogP contribution is 2.35. The monoisotopic (exact) mass is 390 g/mol. The number of nitrogen functional groups attached to an aromatic ring is 1. The van der Waals surface area contributed by atoms with E-state index in [9.17, 15) is 14.0 Å². The second kappa shape index (κ2) is 7.46. The van der Waals surface area contributed by atoms with E-state index in [-0.39, 0.29) is 22.9 Å². The number of rotatable bonds is 4. The minimum absolute atomic E-state index is 0.0147. The number of anilines is 1. The van der Waals surface area contributed by atoms with Gasteiger partial charge >= 0.3 is 6.09 Å². The first-order valence-electron chi connectivity index (χ1n) is 7.82. The molecule has 0 spiro atoms. The summed E-state index contributed by atoms with van der Waals surface area (Å²) < 4.78 is 20.1. The maximum Gasteiger partial charge on any atom is 0.426 e. The fourth-order valence-corrected chi connectivity index (χ4v) is 3.22. The Morgan fingerprint density at radius 2 is 2.11 bits per heavy atom. The topological polar surface area (TPSA) is 118 Å². The van der Waals surface area contributed by atoms with Gasteiger partial charge in [0.25, 0.3) is 5.91 Å². The average Bonchev–Trinajstić information content (AvgIpc) is 3.07. The summed E-state index contributed by atoms with van der Waals surface area (Å²) in [5.74, 6) is -0.904. The zero-order valence-corrected chi connectivity index (χ0v) is 14.9. The molecule has 0 aliphatic rings. The van der Waals surface area contributed by atoms with Crippen LogP contribution in [0.4, 0.5) is 14.9 Å². The molecule has 4 N–H and O–H groups in total. The van der Waals surface area contributed by atoms with E-state index in [4.69, 9.17) is 15.6 Å². The minimum atomic E-state index is -1.27. The van der Waals surface area contributed by atoms with E-state index >= 15 is 0 Å². The molecule has 0 atom stereocenters. The average molecular weight is 390 g/mol. The van der Waals surface area contributed by atoms with E-state index < -0.39 is 17.8 Å². The van der Waals surface area contributed by atoms with Crippen molar-refractivity contribution in [3.05, 3.63) is 47.2 Å². The van der Waals surface area contributed by atoms with Gasteiger partial charge in [0.05, 0.1) is 15.1 Å². The summed E-state index contributed by atoms with van der Waals surface area (Å²) in [6.07, 6.45) is 0.199. The van der Waals surface area contributed by atoms with Crippen LogP contribution in [0.15, 0.2) is 36.5 Å². The maximum atomic E-state index is 14.0. The third-order valence-corrected chi connectivity index (χ3v) is 4.70. The number of fused-ring (bicyclic) bond motifs is 1. The third-order valence-electron chi connectivity index (χ3n) is 3.56. The molecular weight excluding hydrogens is 375 g/mol. The van der Waals surface area contributed by atoms with E-state index in [0.717, 1.165) is 22.4 Å². The highest BCUT2D eigenvalue weighted by Gasteiger charge is 2.19. The number of carbonyl (C=O) groups is 2. The van der Waals surface area contributed by atoms with Gasteiger partial charge in [-0.05, 0) is 25.1 Å². The molecule has 2 heterocycles. The Labute approximate surface area is 157 Å². The number of nitrogens with zero attached hydrogens (tertiary/aromatic N) is 2. The lowest BCUT2D eigenvalue weighted by Gasteiger charge is -2.16. The molecule has 0 saturated carbocycles. The van der Waals surface area contributed by atoms with Gasteiger partial charge in [-0.1, -0.05) is 0 Å². The van der Waals surface area contributed by atoms with Crippen molar-refractivity contribution >= 4 is 39.2 Å². The molecule has 2 aromatic heterocycles. The van der Waals surface area contributed by atoms with Crippen molar-refractivity contribution in [2.45, 2.75) is 6.92 Å². The number of ether oxygens (including phenoxy) is 1. The number of carboxylic acid groups (broad SMARTS) is 1. The molecule has 27 heavy (non-hydrogen) atoms. The predicted octanol–water partition coefficient (Wildman–Crippen LogP) is 3.45. The summed E-state index contributed by atoms with van der Waals surface area (Å²) in [5, 5.41) is 9.77. The number of halogens is 1. The number of nitrogens with two attached hydrogens (primary N) is 1. The van der Waals surface area contributed by atoms with Crippen LogP contribution in [0.2, 0.25) is 0 Å². The number of aromatic nitrogens is 1. The standard InChI is InChI=1S/C17H15FN4O4S/c1-2-22(17(24)25)21-16(23)14-8-11-15(27-14)13(5-6-20-11)26-12-4-3-9(19)7-10(12)18/h3-8H,2,19H2,1H3,(H,21,23)(H,24,25). The predicted molar refractivity (Wildman–Crippen MR) is 98.4 cm³/mol. The van der Waals surface area contributed by atoms with Crippen molar-refractivity contribution in [3.63, 3.8) is 0 Å². The van der Waals surface area contributed by atoms with Gasteiger partial charge in [0.15, 0.2) is 11.6 Å². The van der Waals surface area contributed by atoms with Gasteiger partial charge in [0.2, 0.25) is 0 Å². The number of hydrazine groups is 1. The van der Waals surface area contributed by atoms with Gasteiger partial charge in [0, 0.05) is 30.6 Å². The molecule has 0 fully saturated rings. The first kappa shape index (κ1) is 18.4. The van der Waals surface area contributed by atoms with E-state index in [1.807, 2.05) is 0 Å². The SMILES string of the molecule is CCN(NC(=O)c1cc2nccc(Oc3ccc(N)cc3F)c2s1)C(=O)O. The fourth-order valence-electron chi connectivity index (χ4n) is 2.27. The molecule has 0 aliphatic carbocycles. The van der Waals surface area contributed by atoms with Crippen LogP contribution >= 0.6 is 11.3 Å². The van der Waals surface area contributed by atoms with Crippen LogP contribution in [0.1, 0.15) is 16.6 Å². The second-order valence-corrected chi connectivity index (χ2v) is 6.45. The quantitative estimate of drug-likeness (QED) is 0.464. The molecule has 0 bridgehead atoms. The molecule has 0 aliphatic heterocycles. The molecule has 0 radical (unpaired) electrons. The summed E-state index contributed by atoms with van der Waals surface area (Å²) in [6, 6.07) is 7.12. The summed E-state index contributed by atoms with van der Waals surface area (Å²) in [4.78, 5) is 27.7. The molecule has 3 aromatic rings. The second-order valence-electron chi connectivity index (χ2n) is 5.39. The molecule has 2 amide bonds. The number of hydrogen-bond acceptors (Lipinski definition) is 6. The van der Waals surface area contributed by atoms with E-state index in [0.29, 0.717) is 16.0 Å². The summed E-state index contributed by atoms with van der Waals surface area (Å²) >= 11 is 1.06. The van der Waals surface area contributed by atoms with E-state index in [1.54, 1.807) is 13.0 Å². The van der Waals surface area contributed by atoms with Gasteiger partial charge < -0.3 is 15.6 Å². The zero-order chi connectivity index (χ0) is 19.6. The van der Waals surface area contributed by atoms with E-state index in [2.05, 4.69) is 10.4 Å². The Kier molecular flexibility index (Phi) is 5.08. The van der Waals surface area contributed by atoms with Crippen LogP contribution in [0.25, 0.3) is 10.2 Å². The molecule has 0 saturated heterocycles. The van der Waals surface area contributed by atoms with Gasteiger partial charge in [-0.15, -0.1) is 11.3 Å². The Bertz CT molecular complexity index is 1020. The zero-order valence-electron chi connectivity index (χ0n) is 14.1. The normalized spacial score (nSPS) is 10.6. The molecular formula is C17H15FN4O4S. The Morgan fingerprint density at radius 1 is 1.33 bits per heavy atom. The van der Waals surface area contributed by atoms with Gasteiger partial charge in [0.1, 0.15) is 5.75 Å². The third kappa shape index (κ3) is 3.90. The summed E-state index contributed by atoms with van der Waals surface area (Å²) in [6.45, 7) is 1.68. The molecule has 0 unspecified atom stereocenters. The van der Waals surface area contributed by atoms with Crippen molar-refractivity contribution < 1.29 is 23.8 Å². The number of pyridine rings is 1.